The molecule has 2 atom stereocenters. The molecule has 1 unspecified atom stereocenters. The number of para-hydroxylation sites is 1. The lowest BCUT2D eigenvalue weighted by Crippen LogP contribution is -2.39. The number of aliphatic hydroxyl groups is 1. The molecule has 0 saturated carbocycles. The van der Waals surface area contributed by atoms with E-state index in [2.05, 4.69) is 4.90 Å². The van der Waals surface area contributed by atoms with Gasteiger partial charge in [-0.3, -0.25) is 19.8 Å². The van der Waals surface area contributed by atoms with Crippen LogP contribution in [-0.2, 0) is 11.2 Å². The summed E-state index contributed by atoms with van der Waals surface area (Å²) in [6.45, 7) is 1.99. The van der Waals surface area contributed by atoms with Gasteiger partial charge in [0.15, 0.2) is 0 Å². The molecule has 1 saturated heterocycles. The zero-order valence-corrected chi connectivity index (χ0v) is 15.9. The molecule has 0 spiro atoms. The second-order valence-electron chi connectivity index (χ2n) is 7.20. The van der Waals surface area contributed by atoms with Crippen molar-refractivity contribution in [2.24, 2.45) is 0 Å². The largest absolute Gasteiger partial charge is 0.392 e. The van der Waals surface area contributed by atoms with Gasteiger partial charge in [0.1, 0.15) is 0 Å². The van der Waals surface area contributed by atoms with E-state index in [4.69, 9.17) is 0 Å². The molecule has 0 aliphatic carbocycles. The quantitative estimate of drug-likeness (QED) is 0.586. The molecular weight excluding hydrogens is 358 g/mol. The molecule has 7 heteroatoms. The number of aliphatic hydroxyl groups excluding tert-OH is 1. The van der Waals surface area contributed by atoms with Crippen LogP contribution in [0.2, 0.25) is 0 Å². The van der Waals surface area contributed by atoms with Crippen LogP contribution in [0.15, 0.2) is 54.6 Å². The first kappa shape index (κ1) is 20.0. The maximum absolute atomic E-state index is 13.0. The van der Waals surface area contributed by atoms with Gasteiger partial charge in [-0.2, -0.15) is 0 Å². The number of carbonyl (C=O) groups is 1. The zero-order valence-electron chi connectivity index (χ0n) is 15.9. The number of hydrogen-bond acceptors (Lipinski definition) is 5. The van der Waals surface area contributed by atoms with Crippen molar-refractivity contribution in [1.29, 1.82) is 0 Å². The van der Waals surface area contributed by atoms with Gasteiger partial charge >= 0.3 is 0 Å². The van der Waals surface area contributed by atoms with Gasteiger partial charge in [-0.25, -0.2) is 0 Å². The highest BCUT2D eigenvalue weighted by Crippen LogP contribution is 2.25. The Kier molecular flexibility index (Phi) is 6.38. The normalized spacial score (nSPS) is 18.0. The summed E-state index contributed by atoms with van der Waals surface area (Å²) in [5.41, 5.74) is 1.37. The Morgan fingerprint density at radius 1 is 1.25 bits per heavy atom. The highest BCUT2D eigenvalue weighted by molar-refractivity contribution is 5.80. The number of benzene rings is 2. The van der Waals surface area contributed by atoms with Crippen molar-refractivity contribution in [3.05, 3.63) is 75.8 Å². The Bertz CT molecular complexity index is 827. The maximum atomic E-state index is 13.0. The minimum Gasteiger partial charge on any atom is -0.392 e. The standard InChI is InChI=1S/C21H25N3O4/c1-22(21(26)13-17-9-5-6-10-19(17)24(27)28)20(16-7-3-2-4-8-16)15-23-12-11-18(25)14-23/h2-10,18,20,25H,11-15H2,1H3/t18?,20-/m0/s1. The molecule has 0 aromatic heterocycles. The molecule has 148 valence electrons. The molecule has 2 aromatic carbocycles. The van der Waals surface area contributed by atoms with E-state index < -0.39 is 4.92 Å². The second kappa shape index (κ2) is 8.95. The van der Waals surface area contributed by atoms with Crippen LogP contribution in [0, 0.1) is 10.1 Å². The summed E-state index contributed by atoms with van der Waals surface area (Å²) in [5.74, 6) is -0.178. The van der Waals surface area contributed by atoms with Gasteiger partial charge in [0.2, 0.25) is 5.91 Å². The molecule has 2 aromatic rings. The summed E-state index contributed by atoms with van der Waals surface area (Å²) < 4.78 is 0. The van der Waals surface area contributed by atoms with E-state index in [1.54, 1.807) is 30.1 Å². The van der Waals surface area contributed by atoms with Crippen LogP contribution in [-0.4, -0.2) is 58.5 Å². The number of hydrogen-bond donors (Lipinski definition) is 1. The summed E-state index contributed by atoms with van der Waals surface area (Å²) in [6, 6.07) is 15.9. The van der Waals surface area contributed by atoms with Gasteiger partial charge in [0.05, 0.1) is 23.5 Å². The minimum atomic E-state index is -0.455. The fourth-order valence-electron chi connectivity index (χ4n) is 3.65. The Balaban J connectivity index is 1.79. The third kappa shape index (κ3) is 4.74. The molecule has 1 fully saturated rings. The number of nitro benzene ring substituents is 1. The molecule has 28 heavy (non-hydrogen) atoms. The van der Waals surface area contributed by atoms with Crippen molar-refractivity contribution in [2.45, 2.75) is 25.0 Å². The van der Waals surface area contributed by atoms with Crippen LogP contribution < -0.4 is 0 Å². The summed E-state index contributed by atoms with van der Waals surface area (Å²) in [6.07, 6.45) is 0.374. The van der Waals surface area contributed by atoms with Gasteiger partial charge in [-0.05, 0) is 12.0 Å². The summed E-state index contributed by atoms with van der Waals surface area (Å²) >= 11 is 0. The van der Waals surface area contributed by atoms with Crippen molar-refractivity contribution in [2.75, 3.05) is 26.7 Å². The molecule has 1 N–H and O–H groups in total. The lowest BCUT2D eigenvalue weighted by atomic mass is 10.0. The maximum Gasteiger partial charge on any atom is 0.273 e. The number of β-amino-alcohol motifs (C(OH)–C–C–N with tert-alkyl or cyclic N) is 1. The lowest BCUT2D eigenvalue weighted by molar-refractivity contribution is -0.385. The van der Waals surface area contributed by atoms with Crippen LogP contribution in [0.3, 0.4) is 0 Å². The Morgan fingerprint density at radius 3 is 2.57 bits per heavy atom. The molecule has 1 heterocycles. The first-order valence-electron chi connectivity index (χ1n) is 9.39. The van der Waals surface area contributed by atoms with E-state index in [1.807, 2.05) is 30.3 Å². The van der Waals surface area contributed by atoms with Crippen LogP contribution in [0.1, 0.15) is 23.6 Å². The number of rotatable bonds is 7. The number of likely N-dealkylation sites (tertiary alicyclic amines) is 1. The molecular formula is C21H25N3O4. The van der Waals surface area contributed by atoms with Crippen LogP contribution in [0.25, 0.3) is 0 Å². The fourth-order valence-corrected chi connectivity index (χ4v) is 3.65. The van der Waals surface area contributed by atoms with Gasteiger partial charge in [-0.15, -0.1) is 0 Å². The molecule has 3 rings (SSSR count). The van der Waals surface area contributed by atoms with Gasteiger partial charge in [0.25, 0.3) is 5.69 Å². The summed E-state index contributed by atoms with van der Waals surface area (Å²) in [5, 5.41) is 21.1. The third-order valence-corrected chi connectivity index (χ3v) is 5.25. The number of likely N-dealkylation sites (N-methyl/N-ethyl adjacent to an activating group) is 1. The Labute approximate surface area is 164 Å². The SMILES string of the molecule is CN(C(=O)Cc1ccccc1[N+](=O)[O-])[C@@H](CN1CCC(O)C1)c1ccccc1. The Hall–Kier alpha value is -2.77. The number of carbonyl (C=O) groups excluding carboxylic acids is 1. The molecule has 1 amide bonds. The number of nitrogens with zero attached hydrogens (tertiary/aromatic N) is 3. The highest BCUT2D eigenvalue weighted by atomic mass is 16.6. The van der Waals surface area contributed by atoms with Crippen LogP contribution in [0.4, 0.5) is 5.69 Å². The van der Waals surface area contributed by atoms with E-state index in [9.17, 15) is 20.0 Å². The van der Waals surface area contributed by atoms with Crippen molar-refractivity contribution < 1.29 is 14.8 Å². The first-order valence-corrected chi connectivity index (χ1v) is 9.39. The first-order chi connectivity index (χ1) is 13.5. The number of amides is 1. The third-order valence-electron chi connectivity index (χ3n) is 5.25. The minimum absolute atomic E-state index is 0.0282. The summed E-state index contributed by atoms with van der Waals surface area (Å²) in [7, 11) is 1.74. The van der Waals surface area contributed by atoms with E-state index in [0.717, 1.165) is 18.5 Å². The van der Waals surface area contributed by atoms with E-state index >= 15 is 0 Å². The number of nitro groups is 1. The Morgan fingerprint density at radius 2 is 1.93 bits per heavy atom. The van der Waals surface area contributed by atoms with Crippen LogP contribution >= 0.6 is 0 Å². The van der Waals surface area contributed by atoms with Crippen LogP contribution in [0.5, 0.6) is 0 Å². The smallest absolute Gasteiger partial charge is 0.273 e. The predicted octanol–water partition coefficient (Wildman–Crippen LogP) is 2.40. The van der Waals surface area contributed by atoms with E-state index in [-0.39, 0.29) is 30.2 Å². The van der Waals surface area contributed by atoms with E-state index in [1.165, 1.54) is 6.07 Å². The van der Waals surface area contributed by atoms with Crippen molar-refractivity contribution >= 4 is 11.6 Å². The summed E-state index contributed by atoms with van der Waals surface area (Å²) in [4.78, 5) is 27.6. The monoisotopic (exact) mass is 383 g/mol. The average molecular weight is 383 g/mol. The van der Waals surface area contributed by atoms with Gasteiger partial charge < -0.3 is 10.0 Å². The van der Waals surface area contributed by atoms with Crippen molar-refractivity contribution in [3.8, 4) is 0 Å². The van der Waals surface area contributed by atoms with E-state index in [0.29, 0.717) is 18.7 Å². The molecule has 1 aliphatic rings. The highest BCUT2D eigenvalue weighted by Gasteiger charge is 2.28. The molecule has 0 radical (unpaired) electrons. The van der Waals surface area contributed by atoms with Crippen molar-refractivity contribution in [1.82, 2.24) is 9.80 Å². The van der Waals surface area contributed by atoms with Crippen molar-refractivity contribution in [3.63, 3.8) is 0 Å². The molecule has 0 bridgehead atoms. The zero-order chi connectivity index (χ0) is 20.1. The lowest BCUT2D eigenvalue weighted by Gasteiger charge is -2.32. The topological polar surface area (TPSA) is 86.9 Å². The average Bonchev–Trinajstić information content (AvgIpc) is 3.11. The second-order valence-corrected chi connectivity index (χ2v) is 7.20. The predicted molar refractivity (Wildman–Crippen MR) is 106 cm³/mol. The molecule has 1 aliphatic heterocycles. The van der Waals surface area contributed by atoms with Gasteiger partial charge in [0, 0.05) is 38.3 Å². The fraction of sp³-hybridized carbons (Fsp3) is 0.381. The molecule has 7 nitrogen and oxygen atoms in total. The van der Waals surface area contributed by atoms with Gasteiger partial charge in [-0.1, -0.05) is 48.5 Å².